The summed E-state index contributed by atoms with van der Waals surface area (Å²) in [5.74, 6) is 0. The number of hydrogen-bond donors (Lipinski definition) is 1. The zero-order valence-electron chi connectivity index (χ0n) is 12.7. The zero-order valence-corrected chi connectivity index (χ0v) is 13.5. The first kappa shape index (κ1) is 15.7. The van der Waals surface area contributed by atoms with E-state index in [9.17, 15) is 8.42 Å². The topological polar surface area (TPSA) is 71.5 Å². The van der Waals surface area contributed by atoms with E-state index in [-0.39, 0.29) is 5.25 Å². The second-order valence-electron chi connectivity index (χ2n) is 5.94. The molecule has 1 aliphatic carbocycles. The number of ether oxygens (including phenoxy) is 1. The fourth-order valence-corrected chi connectivity index (χ4v) is 3.98. The van der Waals surface area contributed by atoms with Gasteiger partial charge in [-0.05, 0) is 31.4 Å². The van der Waals surface area contributed by atoms with Gasteiger partial charge in [0.15, 0.2) is 0 Å². The van der Waals surface area contributed by atoms with Crippen LogP contribution in [0.3, 0.4) is 0 Å². The zero-order chi connectivity index (χ0) is 15.4. The number of nitrogens with zero attached hydrogens (tertiary/aromatic N) is 2. The van der Waals surface area contributed by atoms with Crippen molar-refractivity contribution in [3.05, 3.63) is 24.0 Å². The molecule has 22 heavy (non-hydrogen) atoms. The smallest absolute Gasteiger partial charge is 0.235 e. The van der Waals surface area contributed by atoms with Crippen LogP contribution in [-0.4, -0.2) is 56.4 Å². The summed E-state index contributed by atoms with van der Waals surface area (Å²) < 4.78 is 32.0. The lowest BCUT2D eigenvalue weighted by Crippen LogP contribution is -2.28. The van der Waals surface area contributed by atoms with Gasteiger partial charge in [0.05, 0.1) is 17.5 Å². The van der Waals surface area contributed by atoms with Gasteiger partial charge < -0.3 is 9.64 Å². The molecule has 1 saturated heterocycles. The van der Waals surface area contributed by atoms with Gasteiger partial charge >= 0.3 is 0 Å². The number of sulfonamides is 1. The molecule has 0 bridgehead atoms. The molecule has 1 saturated carbocycles. The SMILES string of the molecule is O=S(=O)(Nc1ccnc(CCN2CCCOCC2)c1)C1CC1. The largest absolute Gasteiger partial charge is 0.380 e. The third-order valence-electron chi connectivity index (χ3n) is 4.04. The van der Waals surface area contributed by atoms with Crippen LogP contribution in [0.15, 0.2) is 18.3 Å². The Morgan fingerprint density at radius 1 is 1.32 bits per heavy atom. The number of anilines is 1. The quantitative estimate of drug-likeness (QED) is 0.852. The number of nitrogens with one attached hydrogen (secondary N) is 1. The average molecular weight is 325 g/mol. The van der Waals surface area contributed by atoms with E-state index in [0.717, 1.165) is 64.2 Å². The van der Waals surface area contributed by atoms with Gasteiger partial charge in [0.2, 0.25) is 10.0 Å². The minimum absolute atomic E-state index is 0.207. The maximum atomic E-state index is 12.0. The van der Waals surface area contributed by atoms with Crippen molar-refractivity contribution in [1.29, 1.82) is 0 Å². The molecule has 0 atom stereocenters. The molecule has 2 fully saturated rings. The van der Waals surface area contributed by atoms with Crippen LogP contribution in [0.4, 0.5) is 5.69 Å². The summed E-state index contributed by atoms with van der Waals surface area (Å²) in [5.41, 5.74) is 1.54. The molecule has 1 aromatic heterocycles. The van der Waals surface area contributed by atoms with Crippen LogP contribution in [0.1, 0.15) is 25.0 Å². The number of pyridine rings is 1. The molecule has 122 valence electrons. The highest BCUT2D eigenvalue weighted by Gasteiger charge is 2.35. The van der Waals surface area contributed by atoms with Crippen molar-refractivity contribution >= 4 is 15.7 Å². The van der Waals surface area contributed by atoms with E-state index in [1.807, 2.05) is 6.07 Å². The summed E-state index contributed by atoms with van der Waals surface area (Å²) in [7, 11) is -3.20. The Kier molecular flexibility index (Phi) is 4.95. The van der Waals surface area contributed by atoms with Crippen molar-refractivity contribution in [1.82, 2.24) is 9.88 Å². The van der Waals surface area contributed by atoms with E-state index in [1.165, 1.54) is 0 Å². The molecule has 0 radical (unpaired) electrons. The molecule has 1 N–H and O–H groups in total. The minimum Gasteiger partial charge on any atom is -0.380 e. The number of aromatic nitrogens is 1. The van der Waals surface area contributed by atoms with Crippen LogP contribution in [0.2, 0.25) is 0 Å². The van der Waals surface area contributed by atoms with Gasteiger partial charge in [0.1, 0.15) is 0 Å². The molecule has 0 aromatic carbocycles. The first-order valence-electron chi connectivity index (χ1n) is 7.90. The number of hydrogen-bond acceptors (Lipinski definition) is 5. The maximum absolute atomic E-state index is 12.0. The van der Waals surface area contributed by atoms with Crippen molar-refractivity contribution in [3.8, 4) is 0 Å². The normalized spacial score (nSPS) is 20.5. The Bertz CT molecular complexity index is 594. The molecular formula is C15H23N3O3S. The molecule has 0 unspecified atom stereocenters. The Morgan fingerprint density at radius 3 is 3.00 bits per heavy atom. The molecule has 6 nitrogen and oxygen atoms in total. The Morgan fingerprint density at radius 2 is 2.18 bits per heavy atom. The van der Waals surface area contributed by atoms with Gasteiger partial charge in [-0.2, -0.15) is 0 Å². The van der Waals surface area contributed by atoms with E-state index in [0.29, 0.717) is 5.69 Å². The fourth-order valence-electron chi connectivity index (χ4n) is 2.60. The minimum atomic E-state index is -3.20. The first-order chi connectivity index (χ1) is 10.6. The standard InChI is InChI=1S/C15H23N3O3S/c19-22(20,15-2-3-15)17-14-4-6-16-13(12-14)5-8-18-7-1-10-21-11-9-18/h4,6,12,15H,1-3,5,7-11H2,(H,16,17). The van der Waals surface area contributed by atoms with E-state index < -0.39 is 10.0 Å². The summed E-state index contributed by atoms with van der Waals surface area (Å²) in [5, 5.41) is -0.207. The first-order valence-corrected chi connectivity index (χ1v) is 9.45. The Balaban J connectivity index is 1.56. The maximum Gasteiger partial charge on any atom is 0.235 e. The highest BCUT2D eigenvalue weighted by molar-refractivity contribution is 7.93. The molecule has 2 aliphatic rings. The van der Waals surface area contributed by atoms with Gasteiger partial charge in [-0.25, -0.2) is 8.42 Å². The third kappa shape index (κ3) is 4.41. The molecular weight excluding hydrogens is 302 g/mol. The van der Waals surface area contributed by atoms with Crippen LogP contribution in [0.5, 0.6) is 0 Å². The van der Waals surface area contributed by atoms with Crippen molar-refractivity contribution in [3.63, 3.8) is 0 Å². The Labute approximate surface area is 131 Å². The molecule has 1 aromatic rings. The molecule has 1 aliphatic heterocycles. The van der Waals surface area contributed by atoms with E-state index in [2.05, 4.69) is 14.6 Å². The van der Waals surface area contributed by atoms with E-state index in [4.69, 9.17) is 4.74 Å². The van der Waals surface area contributed by atoms with Crippen LogP contribution >= 0.6 is 0 Å². The van der Waals surface area contributed by atoms with Crippen LogP contribution in [0, 0.1) is 0 Å². The monoisotopic (exact) mass is 325 g/mol. The van der Waals surface area contributed by atoms with Crippen molar-refractivity contribution in [2.75, 3.05) is 37.6 Å². The molecule has 0 amide bonds. The molecule has 2 heterocycles. The van der Waals surface area contributed by atoms with Crippen LogP contribution < -0.4 is 4.72 Å². The van der Waals surface area contributed by atoms with Gasteiger partial charge in [0, 0.05) is 44.6 Å². The van der Waals surface area contributed by atoms with Gasteiger partial charge in [-0.15, -0.1) is 0 Å². The molecule has 0 spiro atoms. The predicted octanol–water partition coefficient (Wildman–Crippen LogP) is 1.25. The highest BCUT2D eigenvalue weighted by atomic mass is 32.2. The van der Waals surface area contributed by atoms with Gasteiger partial charge in [-0.3, -0.25) is 9.71 Å². The lowest BCUT2D eigenvalue weighted by Gasteiger charge is -2.18. The summed E-state index contributed by atoms with van der Waals surface area (Å²) in [6, 6.07) is 3.55. The second kappa shape index (κ2) is 6.93. The summed E-state index contributed by atoms with van der Waals surface area (Å²) in [6.07, 6.45) is 5.09. The van der Waals surface area contributed by atoms with Crippen molar-refractivity contribution in [2.24, 2.45) is 0 Å². The van der Waals surface area contributed by atoms with Crippen LogP contribution in [-0.2, 0) is 21.2 Å². The van der Waals surface area contributed by atoms with Crippen LogP contribution in [0.25, 0.3) is 0 Å². The second-order valence-corrected chi connectivity index (χ2v) is 7.90. The average Bonchev–Trinajstić information content (AvgIpc) is 3.32. The van der Waals surface area contributed by atoms with Gasteiger partial charge in [-0.1, -0.05) is 0 Å². The fraction of sp³-hybridized carbons (Fsp3) is 0.667. The summed E-state index contributed by atoms with van der Waals surface area (Å²) in [4.78, 5) is 6.72. The van der Waals surface area contributed by atoms with E-state index in [1.54, 1.807) is 12.3 Å². The van der Waals surface area contributed by atoms with Gasteiger partial charge in [0.25, 0.3) is 0 Å². The lowest BCUT2D eigenvalue weighted by molar-refractivity contribution is 0.141. The van der Waals surface area contributed by atoms with E-state index >= 15 is 0 Å². The molecule has 3 rings (SSSR count). The Hall–Kier alpha value is -1.18. The van der Waals surface area contributed by atoms with Crippen molar-refractivity contribution < 1.29 is 13.2 Å². The highest BCUT2D eigenvalue weighted by Crippen LogP contribution is 2.29. The molecule has 7 heteroatoms. The van der Waals surface area contributed by atoms with Crippen molar-refractivity contribution in [2.45, 2.75) is 30.9 Å². The summed E-state index contributed by atoms with van der Waals surface area (Å²) in [6.45, 7) is 4.55. The lowest BCUT2D eigenvalue weighted by atomic mass is 10.2. The number of rotatable bonds is 6. The predicted molar refractivity (Wildman–Crippen MR) is 85.4 cm³/mol. The summed E-state index contributed by atoms with van der Waals surface area (Å²) >= 11 is 0. The third-order valence-corrected chi connectivity index (χ3v) is 5.91.